The number of benzene rings is 2. The average Bonchev–Trinajstić information content (AvgIpc) is 3.15. The zero-order chi connectivity index (χ0) is 20.1. The lowest BCUT2D eigenvalue weighted by Crippen LogP contribution is -2.49. The summed E-state index contributed by atoms with van der Waals surface area (Å²) in [6.07, 6.45) is 1.10. The molecule has 2 aromatic rings. The monoisotopic (exact) mass is 381 g/mol. The number of hydrogen-bond acceptors (Lipinski definition) is 4. The fraction of sp³-hybridized carbons (Fsp3) is 0.435. The molecule has 0 saturated carbocycles. The van der Waals surface area contributed by atoms with Crippen LogP contribution >= 0.6 is 0 Å². The maximum Gasteiger partial charge on any atom is 0.245 e. The number of ether oxygens (including phenoxy) is 1. The third-order valence-corrected chi connectivity index (χ3v) is 5.41. The van der Waals surface area contributed by atoms with Crippen LogP contribution in [0.5, 0.6) is 5.75 Å². The Morgan fingerprint density at radius 2 is 1.89 bits per heavy atom. The molecule has 5 heteroatoms. The summed E-state index contributed by atoms with van der Waals surface area (Å²) in [5.41, 5.74) is 2.81. The van der Waals surface area contributed by atoms with Crippen molar-refractivity contribution in [3.8, 4) is 5.75 Å². The van der Waals surface area contributed by atoms with E-state index in [1.54, 1.807) is 7.11 Å². The highest BCUT2D eigenvalue weighted by atomic mass is 16.5. The predicted octanol–water partition coefficient (Wildman–Crippen LogP) is 3.84. The van der Waals surface area contributed by atoms with Gasteiger partial charge in [0.2, 0.25) is 5.91 Å². The minimum absolute atomic E-state index is 0.0117. The number of hydrogen-bond donors (Lipinski definition) is 2. The van der Waals surface area contributed by atoms with E-state index in [1.807, 2.05) is 38.1 Å². The van der Waals surface area contributed by atoms with Crippen LogP contribution < -0.4 is 20.3 Å². The number of methoxy groups -OCH3 is 1. The van der Waals surface area contributed by atoms with Gasteiger partial charge < -0.3 is 20.3 Å². The molecule has 3 rings (SSSR count). The number of aryl methyl sites for hydroxylation is 1. The summed E-state index contributed by atoms with van der Waals surface area (Å²) in [6.45, 7) is 8.69. The molecule has 1 aliphatic rings. The van der Waals surface area contributed by atoms with Crippen molar-refractivity contribution in [3.05, 3.63) is 54.1 Å². The van der Waals surface area contributed by atoms with Crippen LogP contribution in [-0.2, 0) is 4.79 Å². The minimum Gasteiger partial charge on any atom is -0.497 e. The van der Waals surface area contributed by atoms with Crippen LogP contribution in [0.3, 0.4) is 0 Å². The van der Waals surface area contributed by atoms with E-state index in [4.69, 9.17) is 4.74 Å². The molecule has 1 heterocycles. The smallest absolute Gasteiger partial charge is 0.245 e. The molecular weight excluding hydrogens is 350 g/mol. The van der Waals surface area contributed by atoms with E-state index in [-0.39, 0.29) is 5.91 Å². The molecular formula is C23H31N3O2. The van der Waals surface area contributed by atoms with Gasteiger partial charge in [0, 0.05) is 31.0 Å². The van der Waals surface area contributed by atoms with E-state index in [0.29, 0.717) is 12.5 Å². The van der Waals surface area contributed by atoms with Gasteiger partial charge >= 0.3 is 0 Å². The molecule has 0 aliphatic carbocycles. The molecule has 1 aliphatic heterocycles. The maximum atomic E-state index is 12.7. The molecule has 0 bridgehead atoms. The molecule has 28 heavy (non-hydrogen) atoms. The molecule has 2 aromatic carbocycles. The molecule has 0 spiro atoms. The summed E-state index contributed by atoms with van der Waals surface area (Å²) in [5.74, 6) is 1.28. The normalized spacial score (nSPS) is 16.7. The fourth-order valence-corrected chi connectivity index (χ4v) is 3.69. The van der Waals surface area contributed by atoms with Crippen LogP contribution in [0, 0.1) is 12.8 Å². The van der Waals surface area contributed by atoms with Crippen LogP contribution in [0.4, 0.5) is 11.4 Å². The van der Waals surface area contributed by atoms with E-state index in [1.165, 1.54) is 11.3 Å². The van der Waals surface area contributed by atoms with E-state index >= 15 is 0 Å². The van der Waals surface area contributed by atoms with Crippen molar-refractivity contribution in [2.75, 3.05) is 37.0 Å². The van der Waals surface area contributed by atoms with Crippen LogP contribution in [0.2, 0.25) is 0 Å². The first kappa shape index (κ1) is 20.1. The van der Waals surface area contributed by atoms with E-state index < -0.39 is 5.54 Å². The first-order valence-electron chi connectivity index (χ1n) is 9.90. The number of carbonyl (C=O) groups is 1. The third-order valence-electron chi connectivity index (χ3n) is 5.41. The van der Waals surface area contributed by atoms with Crippen molar-refractivity contribution in [2.24, 2.45) is 5.92 Å². The molecule has 2 N–H and O–H groups in total. The van der Waals surface area contributed by atoms with E-state index in [9.17, 15) is 4.79 Å². The molecule has 1 saturated heterocycles. The van der Waals surface area contributed by atoms with Gasteiger partial charge in [0.05, 0.1) is 7.11 Å². The summed E-state index contributed by atoms with van der Waals surface area (Å²) < 4.78 is 5.18. The summed E-state index contributed by atoms with van der Waals surface area (Å²) >= 11 is 0. The largest absolute Gasteiger partial charge is 0.497 e. The number of nitrogens with one attached hydrogen (secondary N) is 2. The van der Waals surface area contributed by atoms with E-state index in [2.05, 4.69) is 46.7 Å². The first-order chi connectivity index (χ1) is 13.4. The van der Waals surface area contributed by atoms with Crippen molar-refractivity contribution < 1.29 is 9.53 Å². The number of carbonyl (C=O) groups excluding carboxylic acids is 1. The topological polar surface area (TPSA) is 53.6 Å². The third kappa shape index (κ3) is 4.77. The molecule has 1 amide bonds. The molecule has 1 fully saturated rings. The lowest BCUT2D eigenvalue weighted by atomic mass is 10.0. The Morgan fingerprint density at radius 3 is 2.57 bits per heavy atom. The number of para-hydroxylation sites is 1. The molecule has 0 unspecified atom stereocenters. The molecule has 1 atom stereocenters. The summed E-state index contributed by atoms with van der Waals surface area (Å²) in [7, 11) is 1.64. The maximum absolute atomic E-state index is 12.7. The van der Waals surface area contributed by atoms with Crippen molar-refractivity contribution in [2.45, 2.75) is 32.7 Å². The molecule has 0 aromatic heterocycles. The van der Waals surface area contributed by atoms with Crippen molar-refractivity contribution in [1.82, 2.24) is 5.32 Å². The lowest BCUT2D eigenvalue weighted by Gasteiger charge is -2.27. The highest BCUT2D eigenvalue weighted by Crippen LogP contribution is 2.26. The van der Waals surface area contributed by atoms with Gasteiger partial charge in [-0.2, -0.15) is 0 Å². The second-order valence-corrected chi connectivity index (χ2v) is 8.08. The van der Waals surface area contributed by atoms with Gasteiger partial charge in [0.1, 0.15) is 11.3 Å². The Morgan fingerprint density at radius 1 is 1.18 bits per heavy atom. The average molecular weight is 382 g/mol. The van der Waals surface area contributed by atoms with Gasteiger partial charge in [-0.05, 0) is 69.0 Å². The second-order valence-electron chi connectivity index (χ2n) is 8.08. The Balaban J connectivity index is 1.51. The van der Waals surface area contributed by atoms with Gasteiger partial charge in [-0.25, -0.2) is 0 Å². The van der Waals surface area contributed by atoms with Crippen molar-refractivity contribution in [3.63, 3.8) is 0 Å². The Bertz CT molecular complexity index is 802. The van der Waals surface area contributed by atoms with Gasteiger partial charge in [-0.3, -0.25) is 4.79 Å². The molecule has 5 nitrogen and oxygen atoms in total. The minimum atomic E-state index is -0.692. The zero-order valence-corrected chi connectivity index (χ0v) is 17.3. The SMILES string of the molecule is COc1ccc(NC(C)(C)C(=O)NC[C@@H]2CCN(c3ccccc3C)C2)cc1. The first-order valence-corrected chi connectivity index (χ1v) is 9.90. The fourth-order valence-electron chi connectivity index (χ4n) is 3.69. The highest BCUT2D eigenvalue weighted by Gasteiger charge is 2.29. The van der Waals surface area contributed by atoms with Crippen LogP contribution in [0.15, 0.2) is 48.5 Å². The molecule has 0 radical (unpaired) electrons. The Kier molecular flexibility index (Phi) is 6.12. The van der Waals surface area contributed by atoms with Crippen LogP contribution in [0.1, 0.15) is 25.8 Å². The van der Waals surface area contributed by atoms with Gasteiger partial charge in [0.25, 0.3) is 0 Å². The summed E-state index contributed by atoms with van der Waals surface area (Å²) in [6, 6.07) is 16.1. The number of nitrogens with zero attached hydrogens (tertiary/aromatic N) is 1. The number of amides is 1. The standard InChI is InChI=1S/C23H31N3O2/c1-17-7-5-6-8-21(17)26-14-13-18(16-26)15-24-22(27)23(2,3)25-19-9-11-20(28-4)12-10-19/h5-12,18,25H,13-16H2,1-4H3,(H,24,27)/t18-/m0/s1. The summed E-state index contributed by atoms with van der Waals surface area (Å²) in [4.78, 5) is 15.2. The highest BCUT2D eigenvalue weighted by molar-refractivity contribution is 5.88. The van der Waals surface area contributed by atoms with Gasteiger partial charge in [-0.15, -0.1) is 0 Å². The van der Waals surface area contributed by atoms with Crippen LogP contribution in [0.25, 0.3) is 0 Å². The van der Waals surface area contributed by atoms with Gasteiger partial charge in [-0.1, -0.05) is 18.2 Å². The molecule has 150 valence electrons. The predicted molar refractivity (Wildman–Crippen MR) is 115 cm³/mol. The number of rotatable bonds is 7. The van der Waals surface area contributed by atoms with Gasteiger partial charge in [0.15, 0.2) is 0 Å². The van der Waals surface area contributed by atoms with Crippen molar-refractivity contribution in [1.29, 1.82) is 0 Å². The quantitative estimate of drug-likeness (QED) is 0.765. The Hall–Kier alpha value is -2.69. The number of anilines is 2. The zero-order valence-electron chi connectivity index (χ0n) is 17.3. The van der Waals surface area contributed by atoms with E-state index in [0.717, 1.165) is 30.9 Å². The second kappa shape index (κ2) is 8.55. The van der Waals surface area contributed by atoms with Crippen molar-refractivity contribution >= 4 is 17.3 Å². The summed E-state index contributed by atoms with van der Waals surface area (Å²) in [5, 5.41) is 6.45. The Labute approximate surface area is 168 Å². The van der Waals surface area contributed by atoms with Crippen LogP contribution in [-0.4, -0.2) is 38.2 Å². The lowest BCUT2D eigenvalue weighted by molar-refractivity contribution is -0.124.